The number of para-hydroxylation sites is 2. The average Bonchev–Trinajstić information content (AvgIpc) is 2.83. The molecule has 1 unspecified atom stereocenters. The van der Waals surface area contributed by atoms with Gasteiger partial charge in [0.1, 0.15) is 0 Å². The highest BCUT2D eigenvalue weighted by Gasteiger charge is 2.35. The highest BCUT2D eigenvalue weighted by molar-refractivity contribution is 5.77. The van der Waals surface area contributed by atoms with E-state index in [9.17, 15) is 9.59 Å². The highest BCUT2D eigenvalue weighted by Crippen LogP contribution is 2.28. The van der Waals surface area contributed by atoms with Gasteiger partial charge in [0.05, 0.1) is 5.52 Å². The minimum atomic E-state index is -0.417. The Kier molecular flexibility index (Phi) is 4.02. The Labute approximate surface area is 134 Å². The maximum atomic E-state index is 12.5. The van der Waals surface area contributed by atoms with E-state index < -0.39 is 5.76 Å². The Bertz CT molecular complexity index is 775. The number of carbonyl (C=O) groups is 1. The van der Waals surface area contributed by atoms with E-state index in [4.69, 9.17) is 10.2 Å². The van der Waals surface area contributed by atoms with Gasteiger partial charge in [-0.25, -0.2) is 4.79 Å². The average molecular weight is 317 g/mol. The van der Waals surface area contributed by atoms with E-state index in [0.29, 0.717) is 25.2 Å². The molecule has 1 atom stereocenters. The van der Waals surface area contributed by atoms with Crippen molar-refractivity contribution in [2.45, 2.75) is 39.3 Å². The first kappa shape index (κ1) is 15.8. The van der Waals surface area contributed by atoms with Gasteiger partial charge in [-0.05, 0) is 24.0 Å². The lowest BCUT2D eigenvalue weighted by Crippen LogP contribution is -2.54. The third-order valence-electron chi connectivity index (χ3n) is 4.79. The van der Waals surface area contributed by atoms with Crippen molar-refractivity contribution in [3.05, 3.63) is 34.8 Å². The van der Waals surface area contributed by atoms with E-state index >= 15 is 0 Å². The normalized spacial score (nSPS) is 20.8. The Morgan fingerprint density at radius 1 is 1.39 bits per heavy atom. The first-order valence-corrected chi connectivity index (χ1v) is 8.00. The zero-order valence-electron chi connectivity index (χ0n) is 13.6. The molecule has 3 rings (SSSR count). The number of aryl methyl sites for hydroxylation is 1. The second-order valence-corrected chi connectivity index (χ2v) is 6.94. The van der Waals surface area contributed by atoms with Crippen LogP contribution in [0.4, 0.5) is 0 Å². The fourth-order valence-corrected chi connectivity index (χ4v) is 3.18. The Morgan fingerprint density at radius 2 is 2.13 bits per heavy atom. The summed E-state index contributed by atoms with van der Waals surface area (Å²) in [6.07, 6.45) is 1.10. The Hall–Kier alpha value is -2.08. The smallest absolute Gasteiger partial charge is 0.408 e. The fourth-order valence-electron chi connectivity index (χ4n) is 3.18. The third-order valence-corrected chi connectivity index (χ3v) is 4.79. The summed E-state index contributed by atoms with van der Waals surface area (Å²) >= 11 is 0. The molecule has 1 fully saturated rings. The minimum Gasteiger partial charge on any atom is -0.408 e. The van der Waals surface area contributed by atoms with E-state index in [1.807, 2.05) is 23.1 Å². The maximum Gasteiger partial charge on any atom is 0.419 e. The van der Waals surface area contributed by atoms with E-state index in [2.05, 4.69) is 13.8 Å². The molecule has 0 aliphatic carbocycles. The molecule has 1 aromatic carbocycles. The first-order chi connectivity index (χ1) is 10.9. The van der Waals surface area contributed by atoms with Gasteiger partial charge in [-0.2, -0.15) is 0 Å². The van der Waals surface area contributed by atoms with Crippen LogP contribution in [0.15, 0.2) is 33.5 Å². The van der Waals surface area contributed by atoms with Gasteiger partial charge < -0.3 is 15.1 Å². The lowest BCUT2D eigenvalue weighted by molar-refractivity contribution is -0.134. The van der Waals surface area contributed by atoms with Crippen molar-refractivity contribution < 1.29 is 9.21 Å². The summed E-state index contributed by atoms with van der Waals surface area (Å²) in [6, 6.07) is 7.37. The molecule has 1 saturated heterocycles. The first-order valence-electron chi connectivity index (χ1n) is 8.00. The van der Waals surface area contributed by atoms with Crippen LogP contribution in [0.1, 0.15) is 26.7 Å². The van der Waals surface area contributed by atoms with Crippen LogP contribution in [0.3, 0.4) is 0 Å². The van der Waals surface area contributed by atoms with Crippen LogP contribution in [-0.2, 0) is 11.3 Å². The fraction of sp³-hybridized carbons (Fsp3) is 0.529. The molecule has 1 aliphatic rings. The van der Waals surface area contributed by atoms with Gasteiger partial charge in [-0.3, -0.25) is 9.36 Å². The SMILES string of the molecule is CC1(C)CN(C(=O)CCn2c(=O)oc3ccccc32)CCC1N. The molecule has 0 bridgehead atoms. The number of amides is 1. The summed E-state index contributed by atoms with van der Waals surface area (Å²) in [6.45, 7) is 5.85. The van der Waals surface area contributed by atoms with Gasteiger partial charge in [-0.15, -0.1) is 0 Å². The van der Waals surface area contributed by atoms with Gasteiger partial charge in [0.25, 0.3) is 0 Å². The highest BCUT2D eigenvalue weighted by atomic mass is 16.4. The molecule has 124 valence electrons. The van der Waals surface area contributed by atoms with Crippen LogP contribution in [0, 0.1) is 5.41 Å². The molecular weight excluding hydrogens is 294 g/mol. The van der Waals surface area contributed by atoms with Gasteiger partial charge in [0, 0.05) is 32.1 Å². The van der Waals surface area contributed by atoms with Crippen LogP contribution in [0.5, 0.6) is 0 Å². The van der Waals surface area contributed by atoms with Gasteiger partial charge >= 0.3 is 5.76 Å². The predicted octanol–water partition coefficient (Wildman–Crippen LogP) is 1.57. The molecule has 1 aromatic heterocycles. The number of carbonyl (C=O) groups excluding carboxylic acids is 1. The van der Waals surface area contributed by atoms with Crippen LogP contribution < -0.4 is 11.5 Å². The van der Waals surface area contributed by atoms with Crippen LogP contribution >= 0.6 is 0 Å². The summed E-state index contributed by atoms with van der Waals surface area (Å²) in [5.41, 5.74) is 7.31. The number of nitrogens with two attached hydrogens (primary N) is 1. The number of piperidine rings is 1. The topological polar surface area (TPSA) is 81.5 Å². The van der Waals surface area contributed by atoms with Crippen molar-refractivity contribution in [3.63, 3.8) is 0 Å². The maximum absolute atomic E-state index is 12.5. The number of rotatable bonds is 3. The van der Waals surface area contributed by atoms with E-state index in [1.54, 1.807) is 6.07 Å². The van der Waals surface area contributed by atoms with Gasteiger partial charge in [0.2, 0.25) is 5.91 Å². The quantitative estimate of drug-likeness (QED) is 0.931. The number of nitrogens with zero attached hydrogens (tertiary/aromatic N) is 2. The largest absolute Gasteiger partial charge is 0.419 e. The predicted molar refractivity (Wildman–Crippen MR) is 88.0 cm³/mol. The summed E-state index contributed by atoms with van der Waals surface area (Å²) in [5.74, 6) is -0.359. The number of benzene rings is 1. The molecule has 0 radical (unpaired) electrons. The molecule has 6 nitrogen and oxygen atoms in total. The summed E-state index contributed by atoms with van der Waals surface area (Å²) in [4.78, 5) is 26.3. The van der Waals surface area contributed by atoms with Crippen LogP contribution in [0.25, 0.3) is 11.1 Å². The van der Waals surface area contributed by atoms with E-state index in [0.717, 1.165) is 11.9 Å². The van der Waals surface area contributed by atoms with Gasteiger partial charge in [0.15, 0.2) is 5.58 Å². The van der Waals surface area contributed by atoms with Crippen LogP contribution in [0.2, 0.25) is 0 Å². The van der Waals surface area contributed by atoms with E-state index in [1.165, 1.54) is 4.57 Å². The molecule has 1 aliphatic heterocycles. The molecule has 2 heterocycles. The molecule has 6 heteroatoms. The molecule has 2 aromatic rings. The van der Waals surface area contributed by atoms with Crippen LogP contribution in [-0.4, -0.2) is 34.5 Å². The van der Waals surface area contributed by atoms with Crippen molar-refractivity contribution >= 4 is 17.0 Å². The molecule has 23 heavy (non-hydrogen) atoms. The van der Waals surface area contributed by atoms with Crippen molar-refractivity contribution in [1.29, 1.82) is 0 Å². The van der Waals surface area contributed by atoms with Crippen molar-refractivity contribution in [2.24, 2.45) is 11.1 Å². The number of likely N-dealkylation sites (tertiary alicyclic amines) is 1. The Morgan fingerprint density at radius 3 is 2.87 bits per heavy atom. The molecule has 2 N–H and O–H groups in total. The number of aromatic nitrogens is 1. The van der Waals surface area contributed by atoms with E-state index in [-0.39, 0.29) is 23.8 Å². The zero-order valence-corrected chi connectivity index (χ0v) is 13.6. The number of oxazole rings is 1. The van der Waals surface area contributed by atoms with Crippen molar-refractivity contribution in [1.82, 2.24) is 9.47 Å². The monoisotopic (exact) mass is 317 g/mol. The number of fused-ring (bicyclic) bond motifs is 1. The third kappa shape index (κ3) is 3.03. The lowest BCUT2D eigenvalue weighted by atomic mass is 9.79. The molecule has 1 amide bonds. The minimum absolute atomic E-state index is 0.0576. The second kappa shape index (κ2) is 5.85. The molecular formula is C17H23N3O3. The summed E-state index contributed by atoms with van der Waals surface area (Å²) < 4.78 is 6.71. The summed E-state index contributed by atoms with van der Waals surface area (Å²) in [7, 11) is 0. The standard InChI is InChI=1S/C17H23N3O3/c1-17(2)11-19(9-7-14(17)18)15(21)8-10-20-12-5-3-4-6-13(12)23-16(20)22/h3-6,14H,7-11,18H2,1-2H3. The molecule has 0 saturated carbocycles. The van der Waals surface area contributed by atoms with Crippen molar-refractivity contribution in [2.75, 3.05) is 13.1 Å². The Balaban J connectivity index is 1.69. The molecule has 0 spiro atoms. The van der Waals surface area contributed by atoms with Crippen molar-refractivity contribution in [3.8, 4) is 0 Å². The van der Waals surface area contributed by atoms with Gasteiger partial charge in [-0.1, -0.05) is 26.0 Å². The zero-order chi connectivity index (χ0) is 16.6. The number of hydrogen-bond donors (Lipinski definition) is 1. The summed E-state index contributed by atoms with van der Waals surface area (Å²) in [5, 5.41) is 0. The number of hydrogen-bond acceptors (Lipinski definition) is 4. The second-order valence-electron chi connectivity index (χ2n) is 6.94. The lowest BCUT2D eigenvalue weighted by Gasteiger charge is -2.42.